The van der Waals surface area contributed by atoms with Crippen molar-refractivity contribution in [3.63, 3.8) is 0 Å². The van der Waals surface area contributed by atoms with Crippen molar-refractivity contribution >= 4 is 33.0 Å². The fraction of sp³-hybridized carbons (Fsp3) is 0.167. The minimum absolute atomic E-state index is 0.134. The number of rotatable bonds is 3. The van der Waals surface area contributed by atoms with Gasteiger partial charge in [-0.15, -0.1) is 0 Å². The number of aryl methyl sites for hydroxylation is 1. The maximum absolute atomic E-state index is 13.5. The van der Waals surface area contributed by atoms with E-state index in [4.69, 9.17) is 11.6 Å². The Morgan fingerprint density at radius 3 is 2.60 bits per heavy atom. The molecule has 0 saturated carbocycles. The van der Waals surface area contributed by atoms with Crippen molar-refractivity contribution in [2.45, 2.75) is 13.0 Å². The number of carbonyl (C=O) groups excluding carboxylic acids is 1. The summed E-state index contributed by atoms with van der Waals surface area (Å²) in [6.07, 6.45) is 1.46. The molecule has 1 atom stereocenters. The topological polar surface area (TPSA) is 54.5 Å². The Balaban J connectivity index is 2.07. The van der Waals surface area contributed by atoms with Crippen LogP contribution in [0, 0.1) is 12.7 Å². The van der Waals surface area contributed by atoms with Crippen molar-refractivity contribution in [1.82, 2.24) is 0 Å². The SMILES string of the molecule is Cc1ccc(N(C(=O)c2cccc(F)c2)[C@H]2C=CS(=O)(=O)C2)cc1Cl. The lowest BCUT2D eigenvalue weighted by atomic mass is 10.1. The van der Waals surface area contributed by atoms with E-state index in [-0.39, 0.29) is 11.3 Å². The van der Waals surface area contributed by atoms with Crippen molar-refractivity contribution in [2.24, 2.45) is 0 Å². The van der Waals surface area contributed by atoms with E-state index in [0.29, 0.717) is 10.7 Å². The second kappa shape index (κ2) is 6.61. The van der Waals surface area contributed by atoms with E-state index in [1.807, 2.05) is 6.92 Å². The van der Waals surface area contributed by atoms with Crippen molar-refractivity contribution < 1.29 is 17.6 Å². The second-order valence-electron chi connectivity index (χ2n) is 5.84. The minimum atomic E-state index is -3.37. The summed E-state index contributed by atoms with van der Waals surface area (Å²) in [6, 6.07) is 9.65. The van der Waals surface area contributed by atoms with Crippen LogP contribution >= 0.6 is 11.6 Å². The summed E-state index contributed by atoms with van der Waals surface area (Å²) < 4.78 is 37.1. The van der Waals surface area contributed by atoms with E-state index in [9.17, 15) is 17.6 Å². The van der Waals surface area contributed by atoms with Crippen LogP contribution in [0.15, 0.2) is 53.9 Å². The summed E-state index contributed by atoms with van der Waals surface area (Å²) in [4.78, 5) is 14.3. The lowest BCUT2D eigenvalue weighted by Crippen LogP contribution is -2.41. The van der Waals surface area contributed by atoms with Crippen LogP contribution in [-0.4, -0.2) is 26.1 Å². The molecule has 25 heavy (non-hydrogen) atoms. The number of hydrogen-bond acceptors (Lipinski definition) is 3. The van der Waals surface area contributed by atoms with Gasteiger partial charge in [-0.05, 0) is 48.9 Å². The first kappa shape index (κ1) is 17.6. The zero-order valence-corrected chi connectivity index (χ0v) is 14.9. The average molecular weight is 380 g/mol. The highest BCUT2D eigenvalue weighted by Gasteiger charge is 2.32. The van der Waals surface area contributed by atoms with Crippen molar-refractivity contribution in [3.8, 4) is 0 Å². The molecule has 0 aliphatic carbocycles. The molecule has 0 fully saturated rings. The Kier molecular flexibility index (Phi) is 4.67. The third-order valence-electron chi connectivity index (χ3n) is 3.97. The number of anilines is 1. The summed E-state index contributed by atoms with van der Waals surface area (Å²) in [5.41, 5.74) is 1.42. The molecule has 0 saturated heterocycles. The Morgan fingerprint density at radius 1 is 1.24 bits per heavy atom. The Labute approximate surface area is 150 Å². The van der Waals surface area contributed by atoms with Gasteiger partial charge in [-0.2, -0.15) is 0 Å². The van der Waals surface area contributed by atoms with Gasteiger partial charge in [0.2, 0.25) is 0 Å². The Bertz CT molecular complexity index is 972. The standard InChI is InChI=1S/C18H15ClFNO3S/c1-12-5-6-15(10-17(12)19)21(16-7-8-25(23,24)11-16)18(22)13-3-2-4-14(20)9-13/h2-10,16H,11H2,1H3/t16-/m0/s1. The predicted molar refractivity (Wildman–Crippen MR) is 96.1 cm³/mol. The zero-order chi connectivity index (χ0) is 18.2. The van der Waals surface area contributed by atoms with Crippen LogP contribution in [0.25, 0.3) is 0 Å². The van der Waals surface area contributed by atoms with E-state index < -0.39 is 27.6 Å². The van der Waals surface area contributed by atoms with Crippen molar-refractivity contribution in [3.05, 3.63) is 75.9 Å². The van der Waals surface area contributed by atoms with Crippen LogP contribution in [-0.2, 0) is 9.84 Å². The fourth-order valence-electron chi connectivity index (χ4n) is 2.67. The molecule has 1 aliphatic rings. The highest BCUT2D eigenvalue weighted by atomic mass is 35.5. The first-order valence-corrected chi connectivity index (χ1v) is 9.62. The van der Waals surface area contributed by atoms with Gasteiger partial charge in [0.15, 0.2) is 9.84 Å². The van der Waals surface area contributed by atoms with Crippen molar-refractivity contribution in [2.75, 3.05) is 10.7 Å². The minimum Gasteiger partial charge on any atom is -0.300 e. The highest BCUT2D eigenvalue weighted by molar-refractivity contribution is 7.94. The molecule has 7 heteroatoms. The molecular formula is C18H15ClFNO3S. The van der Waals surface area contributed by atoms with Crippen LogP contribution in [0.4, 0.5) is 10.1 Å². The number of halogens is 2. The first-order valence-electron chi connectivity index (χ1n) is 7.53. The third kappa shape index (κ3) is 3.75. The summed E-state index contributed by atoms with van der Waals surface area (Å²) in [5.74, 6) is -1.26. The molecule has 0 unspecified atom stereocenters. The third-order valence-corrected chi connectivity index (χ3v) is 5.75. The maximum Gasteiger partial charge on any atom is 0.258 e. The smallest absolute Gasteiger partial charge is 0.258 e. The van der Waals surface area contributed by atoms with Gasteiger partial charge in [-0.1, -0.05) is 23.7 Å². The molecule has 4 nitrogen and oxygen atoms in total. The van der Waals surface area contributed by atoms with Crippen LogP contribution in [0.2, 0.25) is 5.02 Å². The molecule has 2 aromatic rings. The molecule has 0 aromatic heterocycles. The number of amides is 1. The predicted octanol–water partition coefficient (Wildman–Crippen LogP) is 3.75. The number of benzene rings is 2. The first-order chi connectivity index (χ1) is 11.8. The lowest BCUT2D eigenvalue weighted by molar-refractivity contribution is 0.0982. The molecule has 0 radical (unpaired) electrons. The monoisotopic (exact) mass is 379 g/mol. The maximum atomic E-state index is 13.5. The van der Waals surface area contributed by atoms with Gasteiger partial charge in [0.25, 0.3) is 5.91 Å². The van der Waals surface area contributed by atoms with Crippen molar-refractivity contribution in [1.29, 1.82) is 0 Å². The largest absolute Gasteiger partial charge is 0.300 e. The van der Waals surface area contributed by atoms with Gasteiger partial charge >= 0.3 is 0 Å². The molecule has 1 amide bonds. The molecule has 0 bridgehead atoms. The summed E-state index contributed by atoms with van der Waals surface area (Å²) >= 11 is 6.16. The summed E-state index contributed by atoms with van der Waals surface area (Å²) in [5, 5.41) is 1.55. The van der Waals surface area contributed by atoms with Crippen LogP contribution in [0.3, 0.4) is 0 Å². The number of sulfone groups is 1. The van der Waals surface area contributed by atoms with E-state index in [1.165, 1.54) is 29.2 Å². The number of nitrogens with zero attached hydrogens (tertiary/aromatic N) is 1. The molecule has 3 rings (SSSR count). The van der Waals surface area contributed by atoms with E-state index in [2.05, 4.69) is 0 Å². The Morgan fingerprint density at radius 2 is 2.00 bits per heavy atom. The molecule has 0 N–H and O–H groups in total. The van der Waals surface area contributed by atoms with E-state index in [1.54, 1.807) is 18.2 Å². The zero-order valence-electron chi connectivity index (χ0n) is 13.3. The van der Waals surface area contributed by atoms with Gasteiger partial charge in [0.1, 0.15) is 5.82 Å². The highest BCUT2D eigenvalue weighted by Crippen LogP contribution is 2.29. The molecule has 2 aromatic carbocycles. The van der Waals surface area contributed by atoms with E-state index in [0.717, 1.165) is 17.0 Å². The van der Waals surface area contributed by atoms with Gasteiger partial charge in [-0.3, -0.25) is 4.79 Å². The molecular weight excluding hydrogens is 365 g/mol. The number of hydrogen-bond donors (Lipinski definition) is 0. The normalized spacial score (nSPS) is 18.3. The quantitative estimate of drug-likeness (QED) is 0.816. The van der Waals surface area contributed by atoms with Gasteiger partial charge in [-0.25, -0.2) is 12.8 Å². The molecule has 1 aliphatic heterocycles. The van der Waals surface area contributed by atoms with Crippen LogP contribution in [0.5, 0.6) is 0 Å². The van der Waals surface area contributed by atoms with Gasteiger partial charge < -0.3 is 4.90 Å². The summed E-state index contributed by atoms with van der Waals surface area (Å²) in [6.45, 7) is 1.82. The second-order valence-corrected chi connectivity index (χ2v) is 8.18. The fourth-order valence-corrected chi connectivity index (χ4v) is 4.11. The van der Waals surface area contributed by atoms with Gasteiger partial charge in [0.05, 0.1) is 11.8 Å². The lowest BCUT2D eigenvalue weighted by Gasteiger charge is -2.28. The summed E-state index contributed by atoms with van der Waals surface area (Å²) in [7, 11) is -3.37. The van der Waals surface area contributed by atoms with Crippen LogP contribution < -0.4 is 4.90 Å². The molecule has 1 heterocycles. The molecule has 0 spiro atoms. The Hall–Kier alpha value is -2.18. The van der Waals surface area contributed by atoms with Gasteiger partial charge in [0, 0.05) is 21.7 Å². The van der Waals surface area contributed by atoms with Crippen LogP contribution in [0.1, 0.15) is 15.9 Å². The molecule has 130 valence electrons. The average Bonchev–Trinajstić information content (AvgIpc) is 2.90. The number of carbonyl (C=O) groups is 1. The van der Waals surface area contributed by atoms with E-state index >= 15 is 0 Å².